The normalized spacial score (nSPS) is 18.8. The van der Waals surface area contributed by atoms with Gasteiger partial charge in [-0.05, 0) is 48.2 Å². The van der Waals surface area contributed by atoms with Gasteiger partial charge in [0.15, 0.2) is 5.52 Å². The Labute approximate surface area is 121 Å². The maximum Gasteiger partial charge on any atom is 0.300 e. The van der Waals surface area contributed by atoms with Crippen LogP contribution in [0.2, 0.25) is 0 Å². The zero-order valence-corrected chi connectivity index (χ0v) is 11.8. The van der Waals surface area contributed by atoms with E-state index in [0.29, 0.717) is 11.4 Å². The van der Waals surface area contributed by atoms with Crippen LogP contribution < -0.4 is 10.2 Å². The molecule has 1 unspecified atom stereocenters. The summed E-state index contributed by atoms with van der Waals surface area (Å²) in [7, 11) is 1.96. The van der Waals surface area contributed by atoms with Gasteiger partial charge in [0, 0.05) is 19.7 Å². The molecule has 1 aromatic heterocycles. The minimum Gasteiger partial charge on any atom is -0.372 e. The molecule has 0 spiro atoms. The van der Waals surface area contributed by atoms with Crippen molar-refractivity contribution < 1.29 is 9.55 Å². The second kappa shape index (κ2) is 5.65. The fourth-order valence-corrected chi connectivity index (χ4v) is 2.86. The Bertz CT molecular complexity index is 650. The number of non-ortho nitro benzene ring substituents is 1. The minimum absolute atomic E-state index is 0.0808. The Morgan fingerprint density at radius 2 is 2.29 bits per heavy atom. The summed E-state index contributed by atoms with van der Waals surface area (Å²) in [5, 5.41) is 21.9. The van der Waals surface area contributed by atoms with Gasteiger partial charge in [0.25, 0.3) is 0 Å². The van der Waals surface area contributed by atoms with E-state index in [4.69, 9.17) is 4.63 Å². The predicted molar refractivity (Wildman–Crippen MR) is 77.3 cm³/mol. The van der Waals surface area contributed by atoms with E-state index in [1.165, 1.54) is 18.9 Å². The summed E-state index contributed by atoms with van der Waals surface area (Å²) in [5.74, 6) is 0.564. The highest BCUT2D eigenvalue weighted by atomic mass is 16.6. The summed E-state index contributed by atoms with van der Waals surface area (Å²) in [6, 6.07) is 3.17. The molecule has 1 fully saturated rings. The first-order chi connectivity index (χ1) is 10.2. The van der Waals surface area contributed by atoms with Gasteiger partial charge in [0.1, 0.15) is 0 Å². The highest BCUT2D eigenvalue weighted by Gasteiger charge is 2.22. The maximum absolute atomic E-state index is 11.0. The fraction of sp³-hybridized carbons (Fsp3) is 0.538. The van der Waals surface area contributed by atoms with Gasteiger partial charge in [0.05, 0.1) is 10.6 Å². The Balaban J connectivity index is 1.87. The van der Waals surface area contributed by atoms with Crippen molar-refractivity contribution in [2.75, 3.05) is 31.6 Å². The fourth-order valence-electron chi connectivity index (χ4n) is 2.86. The zero-order valence-electron chi connectivity index (χ0n) is 11.8. The summed E-state index contributed by atoms with van der Waals surface area (Å²) >= 11 is 0. The first-order valence-corrected chi connectivity index (χ1v) is 6.98. The van der Waals surface area contributed by atoms with Crippen molar-refractivity contribution >= 4 is 22.4 Å². The smallest absolute Gasteiger partial charge is 0.300 e. The number of nitrogens with zero attached hydrogens (tertiary/aromatic N) is 4. The molecule has 1 atom stereocenters. The summed E-state index contributed by atoms with van der Waals surface area (Å²) in [5.41, 5.74) is 1.37. The van der Waals surface area contributed by atoms with Gasteiger partial charge >= 0.3 is 5.69 Å². The first kappa shape index (κ1) is 13.7. The molecule has 112 valence electrons. The molecule has 2 heterocycles. The van der Waals surface area contributed by atoms with Crippen LogP contribution in [-0.4, -0.2) is 41.9 Å². The molecule has 0 bridgehead atoms. The molecule has 1 saturated heterocycles. The van der Waals surface area contributed by atoms with Gasteiger partial charge in [-0.25, -0.2) is 4.63 Å². The number of nitro groups is 1. The number of hydrogen-bond donors (Lipinski definition) is 1. The predicted octanol–water partition coefficient (Wildman–Crippen LogP) is 1.57. The molecule has 1 N–H and O–H groups in total. The lowest BCUT2D eigenvalue weighted by Crippen LogP contribution is -2.36. The van der Waals surface area contributed by atoms with Crippen molar-refractivity contribution in [3.05, 3.63) is 22.2 Å². The first-order valence-electron chi connectivity index (χ1n) is 6.98. The van der Waals surface area contributed by atoms with E-state index in [1.54, 1.807) is 6.07 Å². The molecule has 1 aliphatic rings. The van der Waals surface area contributed by atoms with Gasteiger partial charge in [0.2, 0.25) is 5.52 Å². The summed E-state index contributed by atoms with van der Waals surface area (Å²) < 4.78 is 4.69. The minimum atomic E-state index is -0.471. The van der Waals surface area contributed by atoms with Crippen molar-refractivity contribution in [2.45, 2.75) is 12.8 Å². The van der Waals surface area contributed by atoms with Gasteiger partial charge < -0.3 is 10.2 Å². The van der Waals surface area contributed by atoms with Crippen molar-refractivity contribution in [3.8, 4) is 0 Å². The van der Waals surface area contributed by atoms with Gasteiger partial charge in [-0.1, -0.05) is 0 Å². The number of benzene rings is 1. The Kier molecular flexibility index (Phi) is 3.70. The Morgan fingerprint density at radius 1 is 1.48 bits per heavy atom. The molecule has 1 aliphatic heterocycles. The lowest BCUT2D eigenvalue weighted by Gasteiger charge is -2.28. The molecule has 0 aliphatic carbocycles. The molecule has 1 aromatic carbocycles. The second-order valence-electron chi connectivity index (χ2n) is 5.42. The molecule has 21 heavy (non-hydrogen) atoms. The molecule has 2 aromatic rings. The van der Waals surface area contributed by atoms with Gasteiger partial charge in [-0.3, -0.25) is 10.1 Å². The number of anilines is 1. The third-order valence-electron chi connectivity index (χ3n) is 3.91. The summed E-state index contributed by atoms with van der Waals surface area (Å²) in [6.45, 7) is 2.94. The molecular formula is C13H17N5O3. The van der Waals surface area contributed by atoms with E-state index in [1.807, 2.05) is 7.05 Å². The third-order valence-corrected chi connectivity index (χ3v) is 3.91. The molecule has 8 nitrogen and oxygen atoms in total. The molecule has 3 rings (SSSR count). The SMILES string of the molecule is CN(CC1CCCNC1)c1ccc([N+](=O)[O-])c2nonc12. The lowest BCUT2D eigenvalue weighted by atomic mass is 9.99. The van der Waals surface area contributed by atoms with Crippen LogP contribution in [0.5, 0.6) is 0 Å². The van der Waals surface area contributed by atoms with Gasteiger partial charge in [-0.2, -0.15) is 0 Å². The molecule has 8 heteroatoms. The number of rotatable bonds is 4. The van der Waals surface area contributed by atoms with Crippen LogP contribution in [0.25, 0.3) is 11.0 Å². The van der Waals surface area contributed by atoms with Crippen molar-refractivity contribution in [3.63, 3.8) is 0 Å². The number of fused-ring (bicyclic) bond motifs is 1. The van der Waals surface area contributed by atoms with Crippen LogP contribution in [0, 0.1) is 16.0 Å². The second-order valence-corrected chi connectivity index (χ2v) is 5.42. The van der Waals surface area contributed by atoms with Crippen LogP contribution in [0.4, 0.5) is 11.4 Å². The van der Waals surface area contributed by atoms with Crippen molar-refractivity contribution in [1.82, 2.24) is 15.6 Å². The van der Waals surface area contributed by atoms with E-state index in [9.17, 15) is 10.1 Å². The maximum atomic E-state index is 11.0. The van der Waals surface area contributed by atoms with Crippen molar-refractivity contribution in [1.29, 1.82) is 0 Å². The van der Waals surface area contributed by atoms with E-state index in [2.05, 4.69) is 20.5 Å². The third kappa shape index (κ3) is 2.66. The standard InChI is InChI=1S/C13H17N5O3/c1-17(8-9-3-2-6-14-7-9)10-4-5-11(18(19)20)13-12(10)15-21-16-13/h4-5,9,14H,2-3,6-8H2,1H3. The number of piperidine rings is 1. The number of nitro benzene ring substituents is 1. The monoisotopic (exact) mass is 291 g/mol. The highest BCUT2D eigenvalue weighted by molar-refractivity contribution is 5.93. The van der Waals surface area contributed by atoms with E-state index in [0.717, 1.165) is 25.3 Å². The number of hydrogen-bond acceptors (Lipinski definition) is 7. The average molecular weight is 291 g/mol. The molecule has 0 saturated carbocycles. The summed E-state index contributed by atoms with van der Waals surface area (Å²) in [4.78, 5) is 12.6. The van der Waals surface area contributed by atoms with E-state index >= 15 is 0 Å². The topological polar surface area (TPSA) is 97.3 Å². The zero-order chi connectivity index (χ0) is 14.8. The van der Waals surface area contributed by atoms with Crippen LogP contribution >= 0.6 is 0 Å². The molecular weight excluding hydrogens is 274 g/mol. The number of aromatic nitrogens is 2. The largest absolute Gasteiger partial charge is 0.372 e. The molecule has 0 amide bonds. The summed E-state index contributed by atoms with van der Waals surface area (Å²) in [6.07, 6.45) is 2.37. The quantitative estimate of drug-likeness (QED) is 0.674. The van der Waals surface area contributed by atoms with Crippen LogP contribution in [0.3, 0.4) is 0 Å². The lowest BCUT2D eigenvalue weighted by molar-refractivity contribution is -0.383. The average Bonchev–Trinajstić information content (AvgIpc) is 2.96. The van der Waals surface area contributed by atoms with E-state index < -0.39 is 4.92 Å². The molecule has 0 radical (unpaired) electrons. The van der Waals surface area contributed by atoms with Crippen LogP contribution in [0.1, 0.15) is 12.8 Å². The van der Waals surface area contributed by atoms with Gasteiger partial charge in [-0.15, -0.1) is 0 Å². The Morgan fingerprint density at radius 3 is 3.00 bits per heavy atom. The number of nitrogens with one attached hydrogen (secondary N) is 1. The van der Waals surface area contributed by atoms with E-state index in [-0.39, 0.29) is 11.2 Å². The van der Waals surface area contributed by atoms with Crippen molar-refractivity contribution in [2.24, 2.45) is 5.92 Å². The van der Waals surface area contributed by atoms with Crippen LogP contribution in [0.15, 0.2) is 16.8 Å². The highest BCUT2D eigenvalue weighted by Crippen LogP contribution is 2.31. The Hall–Kier alpha value is -2.22. The van der Waals surface area contributed by atoms with Crippen LogP contribution in [-0.2, 0) is 0 Å².